The minimum atomic E-state index is -2.38. The SMILES string of the molecule is CC1CN(Cc2ccc(C(F)F)cc2)CCC1N. The Balaban J connectivity index is 1.93. The molecule has 0 saturated carbocycles. The van der Waals surface area contributed by atoms with Crippen LogP contribution >= 0.6 is 0 Å². The van der Waals surface area contributed by atoms with Crippen LogP contribution in [0.25, 0.3) is 0 Å². The van der Waals surface area contributed by atoms with Crippen LogP contribution in [0, 0.1) is 5.92 Å². The Morgan fingerprint density at radius 3 is 2.56 bits per heavy atom. The number of alkyl halides is 2. The number of rotatable bonds is 3. The van der Waals surface area contributed by atoms with Gasteiger partial charge in [-0.2, -0.15) is 0 Å². The fourth-order valence-corrected chi connectivity index (χ4v) is 2.42. The summed E-state index contributed by atoms with van der Waals surface area (Å²) in [5, 5.41) is 0. The molecule has 2 nitrogen and oxygen atoms in total. The standard InChI is InChI=1S/C14H20F2N2/c1-10-8-18(7-6-13(10)17)9-11-2-4-12(5-3-11)14(15)16/h2-5,10,13-14H,6-9,17H2,1H3. The second-order valence-electron chi connectivity index (χ2n) is 5.21. The molecule has 1 aromatic rings. The third-order valence-electron chi connectivity index (χ3n) is 3.69. The molecule has 1 aliphatic rings. The molecule has 2 N–H and O–H groups in total. The van der Waals surface area contributed by atoms with Crippen LogP contribution in [0.3, 0.4) is 0 Å². The average molecular weight is 254 g/mol. The van der Waals surface area contributed by atoms with E-state index in [2.05, 4.69) is 11.8 Å². The number of hydrogen-bond acceptors (Lipinski definition) is 2. The summed E-state index contributed by atoms with van der Waals surface area (Å²) in [5.41, 5.74) is 7.15. The molecule has 2 atom stereocenters. The molecule has 1 heterocycles. The molecule has 1 fully saturated rings. The molecule has 0 amide bonds. The Labute approximate surface area is 107 Å². The highest BCUT2D eigenvalue weighted by atomic mass is 19.3. The summed E-state index contributed by atoms with van der Waals surface area (Å²) in [6, 6.07) is 6.90. The maximum Gasteiger partial charge on any atom is 0.263 e. The van der Waals surface area contributed by atoms with Crippen LogP contribution in [0.5, 0.6) is 0 Å². The van der Waals surface area contributed by atoms with Crippen LogP contribution in [0.4, 0.5) is 8.78 Å². The van der Waals surface area contributed by atoms with Gasteiger partial charge in [-0.3, -0.25) is 4.90 Å². The Morgan fingerprint density at radius 2 is 2.00 bits per heavy atom. The van der Waals surface area contributed by atoms with Gasteiger partial charge < -0.3 is 5.73 Å². The van der Waals surface area contributed by atoms with E-state index in [1.165, 1.54) is 12.1 Å². The van der Waals surface area contributed by atoms with Crippen molar-refractivity contribution in [2.75, 3.05) is 13.1 Å². The van der Waals surface area contributed by atoms with Gasteiger partial charge in [-0.1, -0.05) is 31.2 Å². The van der Waals surface area contributed by atoms with E-state index in [-0.39, 0.29) is 5.56 Å². The molecule has 2 unspecified atom stereocenters. The van der Waals surface area contributed by atoms with Crippen molar-refractivity contribution in [2.24, 2.45) is 11.7 Å². The van der Waals surface area contributed by atoms with E-state index in [1.807, 2.05) is 0 Å². The molecule has 18 heavy (non-hydrogen) atoms. The van der Waals surface area contributed by atoms with Crippen LogP contribution in [-0.2, 0) is 6.54 Å². The fourth-order valence-electron chi connectivity index (χ4n) is 2.42. The quantitative estimate of drug-likeness (QED) is 0.898. The summed E-state index contributed by atoms with van der Waals surface area (Å²) in [6.07, 6.45) is -1.37. The van der Waals surface area contributed by atoms with Gasteiger partial charge in [0.05, 0.1) is 0 Å². The molecule has 2 rings (SSSR count). The molecule has 0 spiro atoms. The predicted octanol–water partition coefficient (Wildman–Crippen LogP) is 2.79. The number of halogens is 2. The number of nitrogens with zero attached hydrogens (tertiary/aromatic N) is 1. The number of benzene rings is 1. The van der Waals surface area contributed by atoms with Crippen molar-refractivity contribution in [3.63, 3.8) is 0 Å². The largest absolute Gasteiger partial charge is 0.327 e. The number of hydrogen-bond donors (Lipinski definition) is 1. The summed E-state index contributed by atoms with van der Waals surface area (Å²) < 4.78 is 24.9. The highest BCUT2D eigenvalue weighted by molar-refractivity contribution is 5.23. The maximum atomic E-state index is 12.4. The molecule has 0 aliphatic carbocycles. The third kappa shape index (κ3) is 3.27. The molecule has 1 aliphatic heterocycles. The molecule has 0 radical (unpaired) electrons. The summed E-state index contributed by atoms with van der Waals surface area (Å²) in [5.74, 6) is 0.499. The van der Waals surface area contributed by atoms with Crippen LogP contribution in [0.15, 0.2) is 24.3 Å². The van der Waals surface area contributed by atoms with Crippen molar-refractivity contribution >= 4 is 0 Å². The van der Waals surface area contributed by atoms with Gasteiger partial charge in [-0.15, -0.1) is 0 Å². The van der Waals surface area contributed by atoms with Crippen molar-refractivity contribution in [3.05, 3.63) is 35.4 Å². The van der Waals surface area contributed by atoms with Crippen LogP contribution < -0.4 is 5.73 Å². The van der Waals surface area contributed by atoms with E-state index in [1.54, 1.807) is 12.1 Å². The van der Waals surface area contributed by atoms with Gasteiger partial charge in [-0.05, 0) is 24.4 Å². The van der Waals surface area contributed by atoms with Gasteiger partial charge in [0.1, 0.15) is 0 Å². The Bertz CT molecular complexity index is 378. The van der Waals surface area contributed by atoms with E-state index in [4.69, 9.17) is 5.73 Å². The van der Waals surface area contributed by atoms with Gasteiger partial charge in [0.25, 0.3) is 6.43 Å². The van der Waals surface area contributed by atoms with Crippen LogP contribution in [0.1, 0.15) is 30.9 Å². The van der Waals surface area contributed by atoms with Gasteiger partial charge in [0.15, 0.2) is 0 Å². The predicted molar refractivity (Wildman–Crippen MR) is 68.4 cm³/mol. The molecular formula is C14H20F2N2. The van der Waals surface area contributed by atoms with Crippen LogP contribution in [-0.4, -0.2) is 24.0 Å². The highest BCUT2D eigenvalue weighted by Crippen LogP contribution is 2.21. The van der Waals surface area contributed by atoms with Gasteiger partial charge in [0, 0.05) is 24.7 Å². The zero-order valence-corrected chi connectivity index (χ0v) is 10.7. The van der Waals surface area contributed by atoms with Crippen molar-refractivity contribution in [1.29, 1.82) is 0 Å². The summed E-state index contributed by atoms with van der Waals surface area (Å²) >= 11 is 0. The van der Waals surface area contributed by atoms with Gasteiger partial charge in [-0.25, -0.2) is 8.78 Å². The maximum absolute atomic E-state index is 12.4. The normalized spacial score (nSPS) is 25.6. The molecule has 4 heteroatoms. The minimum Gasteiger partial charge on any atom is -0.327 e. The second-order valence-corrected chi connectivity index (χ2v) is 5.21. The molecular weight excluding hydrogens is 234 g/mol. The summed E-state index contributed by atoms with van der Waals surface area (Å²) in [7, 11) is 0. The first-order chi connectivity index (χ1) is 8.56. The molecule has 100 valence electrons. The molecule has 0 bridgehead atoms. The number of nitrogens with two attached hydrogens (primary N) is 1. The summed E-state index contributed by atoms with van der Waals surface area (Å²) in [4.78, 5) is 2.34. The zero-order valence-electron chi connectivity index (χ0n) is 10.7. The topological polar surface area (TPSA) is 29.3 Å². The molecule has 1 aromatic carbocycles. The molecule has 0 aromatic heterocycles. The average Bonchev–Trinajstić information content (AvgIpc) is 2.34. The van der Waals surface area contributed by atoms with E-state index in [9.17, 15) is 8.78 Å². The fraction of sp³-hybridized carbons (Fsp3) is 0.571. The number of likely N-dealkylation sites (tertiary alicyclic amines) is 1. The zero-order chi connectivity index (χ0) is 13.1. The summed E-state index contributed by atoms with van der Waals surface area (Å²) in [6.45, 7) is 4.96. The molecule has 1 saturated heterocycles. The third-order valence-corrected chi connectivity index (χ3v) is 3.69. The number of piperidine rings is 1. The van der Waals surface area contributed by atoms with Crippen molar-refractivity contribution in [3.8, 4) is 0 Å². The lowest BCUT2D eigenvalue weighted by atomic mass is 9.94. The van der Waals surface area contributed by atoms with Crippen molar-refractivity contribution in [2.45, 2.75) is 32.4 Å². The monoisotopic (exact) mass is 254 g/mol. The smallest absolute Gasteiger partial charge is 0.263 e. The van der Waals surface area contributed by atoms with E-state index >= 15 is 0 Å². The lowest BCUT2D eigenvalue weighted by Crippen LogP contribution is -2.45. The lowest BCUT2D eigenvalue weighted by Gasteiger charge is -2.35. The highest BCUT2D eigenvalue weighted by Gasteiger charge is 2.22. The first kappa shape index (κ1) is 13.4. The first-order valence-electron chi connectivity index (χ1n) is 6.41. The van der Waals surface area contributed by atoms with E-state index in [0.717, 1.165) is 31.6 Å². The Kier molecular flexibility index (Phi) is 4.30. The Hall–Kier alpha value is -1.00. The van der Waals surface area contributed by atoms with Crippen LogP contribution in [0.2, 0.25) is 0 Å². The van der Waals surface area contributed by atoms with E-state index < -0.39 is 6.43 Å². The van der Waals surface area contributed by atoms with Gasteiger partial charge in [0.2, 0.25) is 0 Å². The van der Waals surface area contributed by atoms with Crippen molar-refractivity contribution in [1.82, 2.24) is 4.90 Å². The Morgan fingerprint density at radius 1 is 1.33 bits per heavy atom. The first-order valence-corrected chi connectivity index (χ1v) is 6.41. The lowest BCUT2D eigenvalue weighted by molar-refractivity contribution is 0.150. The second kappa shape index (κ2) is 5.76. The van der Waals surface area contributed by atoms with Gasteiger partial charge >= 0.3 is 0 Å². The minimum absolute atomic E-state index is 0.0905. The van der Waals surface area contributed by atoms with Crippen molar-refractivity contribution < 1.29 is 8.78 Å². The van der Waals surface area contributed by atoms with E-state index in [0.29, 0.717) is 12.0 Å².